The van der Waals surface area contributed by atoms with Crippen LogP contribution in [0.25, 0.3) is 6.08 Å². The second kappa shape index (κ2) is 14.3. The van der Waals surface area contributed by atoms with Crippen molar-refractivity contribution in [2.45, 2.75) is 37.8 Å². The number of para-hydroxylation sites is 1. The molecule has 1 heterocycles. The lowest BCUT2D eigenvalue weighted by Gasteiger charge is -2.27. The van der Waals surface area contributed by atoms with E-state index in [0.29, 0.717) is 44.1 Å². The first-order valence-electron chi connectivity index (χ1n) is 13.5. The van der Waals surface area contributed by atoms with E-state index in [1.807, 2.05) is 97.9 Å². The van der Waals surface area contributed by atoms with Gasteiger partial charge in [-0.25, -0.2) is 10.4 Å². The van der Waals surface area contributed by atoms with Gasteiger partial charge in [-0.15, -0.1) is 0 Å². The van der Waals surface area contributed by atoms with Crippen molar-refractivity contribution in [2.75, 3.05) is 26.9 Å². The molecule has 0 saturated heterocycles. The third-order valence-electron chi connectivity index (χ3n) is 6.78. The standard InChI is InChI=1S/C32H37N3O5/c1-24-32(20-8-12-25-10-4-3-5-11-25,31(37)35-33-21-19-26-13-6-7-14-29(26)38-2)34-30(40-24)27-15-17-28(18-16-27)39-23-9-22-36/h3-8,10-18,24,33,36H,9,19-23H2,1-2H3,(H,35,37)/b12-8+/t24-,32-/m0/s1. The Balaban J connectivity index is 1.49. The van der Waals surface area contributed by atoms with Crippen molar-refractivity contribution in [3.05, 3.63) is 102 Å². The van der Waals surface area contributed by atoms with Gasteiger partial charge in [0.1, 0.15) is 17.6 Å². The van der Waals surface area contributed by atoms with Gasteiger partial charge in [-0.05, 0) is 54.8 Å². The second-order valence-corrected chi connectivity index (χ2v) is 9.51. The van der Waals surface area contributed by atoms with Gasteiger partial charge >= 0.3 is 0 Å². The van der Waals surface area contributed by atoms with E-state index in [-0.39, 0.29) is 12.5 Å². The number of aliphatic hydroxyl groups excluding tert-OH is 1. The van der Waals surface area contributed by atoms with Crippen LogP contribution in [0.3, 0.4) is 0 Å². The normalized spacial score (nSPS) is 18.3. The molecule has 1 amide bonds. The number of hydrogen-bond donors (Lipinski definition) is 3. The minimum atomic E-state index is -1.16. The summed E-state index contributed by atoms with van der Waals surface area (Å²) in [5, 5.41) is 8.96. The Bertz CT molecular complexity index is 1290. The van der Waals surface area contributed by atoms with E-state index in [0.717, 1.165) is 22.4 Å². The average Bonchev–Trinajstić information content (AvgIpc) is 3.33. The predicted octanol–water partition coefficient (Wildman–Crippen LogP) is 4.33. The topological polar surface area (TPSA) is 101 Å². The third-order valence-corrected chi connectivity index (χ3v) is 6.78. The molecule has 4 rings (SSSR count). The summed E-state index contributed by atoms with van der Waals surface area (Å²) in [4.78, 5) is 18.5. The molecule has 0 spiro atoms. The molecule has 8 heteroatoms. The van der Waals surface area contributed by atoms with Gasteiger partial charge in [0.05, 0.1) is 13.7 Å². The van der Waals surface area contributed by atoms with Gasteiger partial charge in [0.2, 0.25) is 5.90 Å². The fourth-order valence-electron chi connectivity index (χ4n) is 4.48. The smallest absolute Gasteiger partial charge is 0.266 e. The van der Waals surface area contributed by atoms with Crippen LogP contribution in [-0.2, 0) is 16.0 Å². The molecule has 8 nitrogen and oxygen atoms in total. The van der Waals surface area contributed by atoms with E-state index in [2.05, 4.69) is 10.9 Å². The molecule has 2 atom stereocenters. The molecule has 0 saturated carbocycles. The van der Waals surface area contributed by atoms with E-state index in [1.54, 1.807) is 7.11 Å². The number of amides is 1. The van der Waals surface area contributed by atoms with Crippen molar-refractivity contribution in [3.63, 3.8) is 0 Å². The van der Waals surface area contributed by atoms with Crippen LogP contribution in [-0.4, -0.2) is 55.4 Å². The monoisotopic (exact) mass is 543 g/mol. The molecule has 210 valence electrons. The summed E-state index contributed by atoms with van der Waals surface area (Å²) in [5.74, 6) is 1.65. The molecule has 3 aromatic carbocycles. The fraction of sp³-hybridized carbons (Fsp3) is 0.312. The van der Waals surface area contributed by atoms with E-state index >= 15 is 0 Å². The summed E-state index contributed by atoms with van der Waals surface area (Å²) in [7, 11) is 1.65. The second-order valence-electron chi connectivity index (χ2n) is 9.51. The summed E-state index contributed by atoms with van der Waals surface area (Å²) in [6.07, 6.45) is 5.06. The molecule has 40 heavy (non-hydrogen) atoms. The Kier molecular flexibility index (Phi) is 10.3. The zero-order valence-electron chi connectivity index (χ0n) is 23.0. The van der Waals surface area contributed by atoms with Crippen LogP contribution in [0.1, 0.15) is 36.5 Å². The number of aliphatic hydroxyl groups is 1. The van der Waals surface area contributed by atoms with Gasteiger partial charge in [-0.2, -0.15) is 0 Å². The molecule has 1 aliphatic heterocycles. The van der Waals surface area contributed by atoms with Crippen LogP contribution < -0.4 is 20.3 Å². The van der Waals surface area contributed by atoms with Gasteiger partial charge in [0, 0.05) is 31.6 Å². The highest BCUT2D eigenvalue weighted by Gasteiger charge is 2.49. The van der Waals surface area contributed by atoms with Gasteiger partial charge in [-0.1, -0.05) is 60.7 Å². The lowest BCUT2D eigenvalue weighted by molar-refractivity contribution is -0.129. The first-order valence-corrected chi connectivity index (χ1v) is 13.5. The number of hydrogen-bond acceptors (Lipinski definition) is 7. The van der Waals surface area contributed by atoms with Crippen LogP contribution in [0.2, 0.25) is 0 Å². The van der Waals surface area contributed by atoms with Gasteiger partial charge in [0.25, 0.3) is 5.91 Å². The number of hydrazine groups is 1. The molecule has 0 bridgehead atoms. The summed E-state index contributed by atoms with van der Waals surface area (Å²) >= 11 is 0. The Hall–Kier alpha value is -4.14. The highest BCUT2D eigenvalue weighted by molar-refractivity contribution is 6.00. The molecule has 0 unspecified atom stereocenters. The number of rotatable bonds is 14. The van der Waals surface area contributed by atoms with Crippen LogP contribution in [0.4, 0.5) is 0 Å². The number of carbonyl (C=O) groups is 1. The van der Waals surface area contributed by atoms with Crippen molar-refractivity contribution in [2.24, 2.45) is 4.99 Å². The fourth-order valence-corrected chi connectivity index (χ4v) is 4.48. The number of methoxy groups -OCH3 is 1. The summed E-state index contributed by atoms with van der Waals surface area (Å²) in [6, 6.07) is 25.1. The highest BCUT2D eigenvalue weighted by atomic mass is 16.5. The number of carbonyl (C=O) groups excluding carboxylic acids is 1. The SMILES string of the molecule is COc1ccccc1CCNNC(=O)[C@@]1(C/C=C/c2ccccc2)N=C(c2ccc(OCCCO)cc2)O[C@H]1C. The molecular formula is C32H37N3O5. The molecule has 1 aliphatic rings. The van der Waals surface area contributed by atoms with E-state index in [4.69, 9.17) is 24.3 Å². The Morgan fingerprint density at radius 2 is 1.82 bits per heavy atom. The van der Waals surface area contributed by atoms with Crippen molar-refractivity contribution in [1.82, 2.24) is 10.9 Å². The van der Waals surface area contributed by atoms with Gasteiger partial charge in [0.15, 0.2) is 5.54 Å². The summed E-state index contributed by atoms with van der Waals surface area (Å²) in [5.41, 5.74) is 7.62. The molecule has 0 aliphatic carbocycles. The number of nitrogens with zero attached hydrogens (tertiary/aromatic N) is 1. The molecule has 0 aromatic heterocycles. The van der Waals surface area contributed by atoms with Crippen LogP contribution in [0.15, 0.2) is 89.9 Å². The molecule has 0 fully saturated rings. The zero-order valence-corrected chi connectivity index (χ0v) is 23.0. The predicted molar refractivity (Wildman–Crippen MR) is 156 cm³/mol. The average molecular weight is 544 g/mol. The lowest BCUT2D eigenvalue weighted by atomic mass is 9.89. The first kappa shape index (κ1) is 28.9. The first-order chi connectivity index (χ1) is 19.6. The lowest BCUT2D eigenvalue weighted by Crippen LogP contribution is -2.54. The summed E-state index contributed by atoms with van der Waals surface area (Å²) < 4.78 is 17.2. The van der Waals surface area contributed by atoms with Crippen molar-refractivity contribution < 1.29 is 24.1 Å². The maximum atomic E-state index is 13.7. The quantitative estimate of drug-likeness (QED) is 0.207. The Labute approximate surface area is 235 Å². The van der Waals surface area contributed by atoms with Crippen LogP contribution >= 0.6 is 0 Å². The molecule has 3 aromatic rings. The number of ether oxygens (including phenoxy) is 3. The van der Waals surface area contributed by atoms with E-state index < -0.39 is 11.6 Å². The number of aliphatic imine (C=N–C) groups is 1. The minimum Gasteiger partial charge on any atom is -0.496 e. The van der Waals surface area contributed by atoms with Crippen LogP contribution in [0.5, 0.6) is 11.5 Å². The number of benzene rings is 3. The van der Waals surface area contributed by atoms with Crippen LogP contribution in [0, 0.1) is 0 Å². The largest absolute Gasteiger partial charge is 0.496 e. The zero-order chi connectivity index (χ0) is 28.2. The van der Waals surface area contributed by atoms with Gasteiger partial charge < -0.3 is 19.3 Å². The molecule has 3 N–H and O–H groups in total. The summed E-state index contributed by atoms with van der Waals surface area (Å²) in [6.45, 7) is 2.91. The molecular weight excluding hydrogens is 506 g/mol. The van der Waals surface area contributed by atoms with E-state index in [1.165, 1.54) is 0 Å². The van der Waals surface area contributed by atoms with Crippen molar-refractivity contribution >= 4 is 17.9 Å². The van der Waals surface area contributed by atoms with Crippen molar-refractivity contribution in [3.8, 4) is 11.5 Å². The maximum absolute atomic E-state index is 13.7. The maximum Gasteiger partial charge on any atom is 0.266 e. The Morgan fingerprint density at radius 3 is 2.58 bits per heavy atom. The van der Waals surface area contributed by atoms with E-state index in [9.17, 15) is 4.79 Å². The van der Waals surface area contributed by atoms with Crippen molar-refractivity contribution in [1.29, 1.82) is 0 Å². The molecule has 0 radical (unpaired) electrons. The highest BCUT2D eigenvalue weighted by Crippen LogP contribution is 2.33. The number of nitrogens with one attached hydrogen (secondary N) is 2. The minimum absolute atomic E-state index is 0.0821. The van der Waals surface area contributed by atoms with Gasteiger partial charge in [-0.3, -0.25) is 10.2 Å². The Morgan fingerprint density at radius 1 is 1.07 bits per heavy atom. The third kappa shape index (κ3) is 7.28.